The maximum Gasteiger partial charge on any atom is 0.256 e. The summed E-state index contributed by atoms with van der Waals surface area (Å²) in [7, 11) is 1.51. The Hall–Kier alpha value is -2.44. The predicted octanol–water partition coefficient (Wildman–Crippen LogP) is 3.15. The summed E-state index contributed by atoms with van der Waals surface area (Å²) in [6.45, 7) is 1.55. The van der Waals surface area contributed by atoms with Crippen molar-refractivity contribution in [3.63, 3.8) is 0 Å². The van der Waals surface area contributed by atoms with Gasteiger partial charge >= 0.3 is 0 Å². The van der Waals surface area contributed by atoms with E-state index in [0.29, 0.717) is 26.2 Å². The monoisotopic (exact) mass is 390 g/mol. The Morgan fingerprint density at radius 1 is 1.04 bits per heavy atom. The molecule has 0 aromatic heterocycles. The molecular weight excluding hydrogens is 371 g/mol. The van der Waals surface area contributed by atoms with Crippen LogP contribution in [-0.4, -0.2) is 54.9 Å². The number of carbonyl (C=O) groups is 2. The Balaban J connectivity index is 1.64. The number of benzene rings is 2. The van der Waals surface area contributed by atoms with Crippen LogP contribution < -0.4 is 0 Å². The first kappa shape index (κ1) is 19.3. The summed E-state index contributed by atoms with van der Waals surface area (Å²) in [6.07, 6.45) is -0.667. The zero-order valence-electron chi connectivity index (χ0n) is 14.9. The van der Waals surface area contributed by atoms with E-state index in [1.54, 1.807) is 9.80 Å². The fourth-order valence-corrected chi connectivity index (χ4v) is 3.38. The molecule has 0 N–H and O–H groups in total. The van der Waals surface area contributed by atoms with E-state index in [-0.39, 0.29) is 22.4 Å². The normalized spacial score (nSPS) is 15.5. The van der Waals surface area contributed by atoms with Crippen LogP contribution in [0.15, 0.2) is 48.5 Å². The molecule has 27 heavy (non-hydrogen) atoms. The molecule has 2 aromatic carbocycles. The molecule has 1 heterocycles. The first-order chi connectivity index (χ1) is 13.0. The van der Waals surface area contributed by atoms with E-state index in [1.807, 2.05) is 30.3 Å². The Bertz CT molecular complexity index is 823. The van der Waals surface area contributed by atoms with Crippen LogP contribution in [0.3, 0.4) is 0 Å². The molecule has 1 unspecified atom stereocenters. The lowest BCUT2D eigenvalue weighted by atomic mass is 10.1. The molecule has 1 fully saturated rings. The number of halogens is 2. The molecule has 0 saturated carbocycles. The van der Waals surface area contributed by atoms with Gasteiger partial charge in [0.2, 0.25) is 0 Å². The van der Waals surface area contributed by atoms with Gasteiger partial charge in [-0.15, -0.1) is 0 Å². The van der Waals surface area contributed by atoms with Gasteiger partial charge in [0.15, 0.2) is 6.10 Å². The number of ether oxygens (including phenoxy) is 1. The second kappa shape index (κ2) is 8.50. The second-order valence-corrected chi connectivity index (χ2v) is 6.68. The third-order valence-electron chi connectivity index (χ3n) is 4.60. The maximum atomic E-state index is 13.2. The number of piperazine rings is 1. The highest BCUT2D eigenvalue weighted by Crippen LogP contribution is 2.22. The minimum absolute atomic E-state index is 0.0852. The van der Waals surface area contributed by atoms with Crippen molar-refractivity contribution in [2.24, 2.45) is 0 Å². The van der Waals surface area contributed by atoms with E-state index in [2.05, 4.69) is 0 Å². The van der Waals surface area contributed by atoms with Crippen LogP contribution in [0.25, 0.3) is 0 Å². The smallest absolute Gasteiger partial charge is 0.256 e. The van der Waals surface area contributed by atoms with Crippen LogP contribution >= 0.6 is 11.6 Å². The lowest BCUT2D eigenvalue weighted by molar-refractivity contribution is -0.143. The lowest BCUT2D eigenvalue weighted by Crippen LogP contribution is -2.51. The molecular formula is C20H20ClFN2O3. The fourth-order valence-electron chi connectivity index (χ4n) is 3.14. The first-order valence-electron chi connectivity index (χ1n) is 8.62. The molecule has 0 aliphatic carbocycles. The van der Waals surface area contributed by atoms with Gasteiger partial charge in [-0.2, -0.15) is 0 Å². The Morgan fingerprint density at radius 2 is 1.67 bits per heavy atom. The molecule has 0 radical (unpaired) electrons. The number of rotatable bonds is 4. The summed E-state index contributed by atoms with van der Waals surface area (Å²) in [5, 5.41) is 0.0852. The van der Waals surface area contributed by atoms with Crippen LogP contribution in [0.4, 0.5) is 4.39 Å². The molecule has 1 aliphatic heterocycles. The molecule has 1 saturated heterocycles. The third-order valence-corrected chi connectivity index (χ3v) is 4.92. The Labute approximate surface area is 162 Å². The van der Waals surface area contributed by atoms with Gasteiger partial charge < -0.3 is 14.5 Å². The van der Waals surface area contributed by atoms with Crippen molar-refractivity contribution in [2.45, 2.75) is 6.10 Å². The molecule has 2 amide bonds. The van der Waals surface area contributed by atoms with Crippen molar-refractivity contribution in [1.82, 2.24) is 9.80 Å². The molecule has 1 aliphatic rings. The number of amides is 2. The van der Waals surface area contributed by atoms with Crippen molar-refractivity contribution >= 4 is 23.4 Å². The molecule has 7 heteroatoms. The van der Waals surface area contributed by atoms with E-state index >= 15 is 0 Å². The van der Waals surface area contributed by atoms with E-state index in [1.165, 1.54) is 19.2 Å². The minimum Gasteiger partial charge on any atom is -0.367 e. The van der Waals surface area contributed by atoms with Crippen molar-refractivity contribution in [1.29, 1.82) is 0 Å². The van der Waals surface area contributed by atoms with Gasteiger partial charge in [-0.1, -0.05) is 41.9 Å². The predicted molar refractivity (Wildman–Crippen MR) is 100 cm³/mol. The van der Waals surface area contributed by atoms with Crippen LogP contribution in [0, 0.1) is 5.82 Å². The van der Waals surface area contributed by atoms with Crippen molar-refractivity contribution in [2.75, 3.05) is 33.3 Å². The van der Waals surface area contributed by atoms with E-state index in [0.717, 1.165) is 11.6 Å². The molecule has 2 aromatic rings. The summed E-state index contributed by atoms with van der Waals surface area (Å²) >= 11 is 5.98. The van der Waals surface area contributed by atoms with Crippen LogP contribution in [-0.2, 0) is 9.53 Å². The second-order valence-electron chi connectivity index (χ2n) is 6.27. The average molecular weight is 391 g/mol. The highest BCUT2D eigenvalue weighted by molar-refractivity contribution is 6.33. The van der Waals surface area contributed by atoms with Gasteiger partial charge in [-0.05, 0) is 23.8 Å². The van der Waals surface area contributed by atoms with E-state index in [9.17, 15) is 14.0 Å². The number of nitrogens with zero attached hydrogens (tertiary/aromatic N) is 2. The Morgan fingerprint density at radius 3 is 2.26 bits per heavy atom. The van der Waals surface area contributed by atoms with Gasteiger partial charge in [0.25, 0.3) is 11.8 Å². The number of hydrogen-bond acceptors (Lipinski definition) is 3. The zero-order valence-corrected chi connectivity index (χ0v) is 15.7. The van der Waals surface area contributed by atoms with E-state index in [4.69, 9.17) is 16.3 Å². The number of carbonyl (C=O) groups excluding carboxylic acids is 2. The Kier molecular flexibility index (Phi) is 6.08. The largest absolute Gasteiger partial charge is 0.367 e. The zero-order chi connectivity index (χ0) is 19.4. The first-order valence-corrected chi connectivity index (χ1v) is 9.00. The average Bonchev–Trinajstić information content (AvgIpc) is 2.69. The molecule has 1 atom stereocenters. The minimum atomic E-state index is -0.667. The van der Waals surface area contributed by atoms with Gasteiger partial charge in [0.05, 0.1) is 10.6 Å². The summed E-state index contributed by atoms with van der Waals surface area (Å²) in [4.78, 5) is 28.7. The van der Waals surface area contributed by atoms with Crippen molar-refractivity contribution in [3.8, 4) is 0 Å². The molecule has 0 spiro atoms. The number of hydrogen-bond donors (Lipinski definition) is 0. The number of methoxy groups -OCH3 is 1. The summed E-state index contributed by atoms with van der Waals surface area (Å²) in [6, 6.07) is 13.0. The molecule has 3 rings (SSSR count). The van der Waals surface area contributed by atoms with Crippen LogP contribution in [0.5, 0.6) is 0 Å². The van der Waals surface area contributed by atoms with Gasteiger partial charge in [-0.3, -0.25) is 9.59 Å². The van der Waals surface area contributed by atoms with E-state index < -0.39 is 11.9 Å². The standard InChI is InChI=1S/C20H20ClFN2O3/c1-27-18(14-5-3-2-4-6-14)20(26)24-11-9-23(10-12-24)19(25)16-8-7-15(22)13-17(16)21/h2-8,13,18H,9-12H2,1H3. The SMILES string of the molecule is COC(C(=O)N1CCN(C(=O)c2ccc(F)cc2Cl)CC1)c1ccccc1. The lowest BCUT2D eigenvalue weighted by Gasteiger charge is -2.36. The quantitative estimate of drug-likeness (QED) is 0.805. The molecule has 0 bridgehead atoms. The van der Waals surface area contributed by atoms with Gasteiger partial charge in [0, 0.05) is 33.3 Å². The molecule has 5 nitrogen and oxygen atoms in total. The summed E-state index contributed by atoms with van der Waals surface area (Å²) < 4.78 is 18.6. The molecule has 142 valence electrons. The topological polar surface area (TPSA) is 49.9 Å². The maximum absolute atomic E-state index is 13.2. The van der Waals surface area contributed by atoms with Crippen LogP contribution in [0.1, 0.15) is 22.0 Å². The van der Waals surface area contributed by atoms with Gasteiger partial charge in [0.1, 0.15) is 5.82 Å². The summed E-state index contributed by atoms with van der Waals surface area (Å²) in [5.74, 6) is -0.882. The van der Waals surface area contributed by atoms with Crippen molar-refractivity contribution in [3.05, 3.63) is 70.5 Å². The van der Waals surface area contributed by atoms with Gasteiger partial charge in [-0.25, -0.2) is 4.39 Å². The highest BCUT2D eigenvalue weighted by Gasteiger charge is 2.30. The fraction of sp³-hybridized carbons (Fsp3) is 0.300. The van der Waals surface area contributed by atoms with Crippen molar-refractivity contribution < 1.29 is 18.7 Å². The summed E-state index contributed by atoms with van der Waals surface area (Å²) in [5.41, 5.74) is 1.05. The van der Waals surface area contributed by atoms with Crippen LogP contribution in [0.2, 0.25) is 5.02 Å². The highest BCUT2D eigenvalue weighted by atomic mass is 35.5. The third kappa shape index (κ3) is 4.28.